The third-order valence-electron chi connectivity index (χ3n) is 2.56. The van der Waals surface area contributed by atoms with E-state index in [-0.39, 0.29) is 12.1 Å². The van der Waals surface area contributed by atoms with E-state index in [1.807, 2.05) is 6.92 Å². The minimum absolute atomic E-state index is 0.118. The molecule has 0 unspecified atom stereocenters. The summed E-state index contributed by atoms with van der Waals surface area (Å²) < 4.78 is 6.85. The first-order valence-corrected chi connectivity index (χ1v) is 5.20. The van der Waals surface area contributed by atoms with Gasteiger partial charge in [-0.3, -0.25) is 4.57 Å². The van der Waals surface area contributed by atoms with Crippen LogP contribution in [0, 0.1) is 0 Å². The normalized spacial score (nSPS) is 24.6. The van der Waals surface area contributed by atoms with E-state index in [4.69, 9.17) is 4.74 Å². The number of amides is 1. The van der Waals surface area contributed by atoms with Crippen LogP contribution in [0.2, 0.25) is 0 Å². The third kappa shape index (κ3) is 2.36. The second-order valence-corrected chi connectivity index (χ2v) is 3.67. The maximum Gasteiger partial charge on any atom is 0.327 e. The van der Waals surface area contributed by atoms with Gasteiger partial charge in [0.15, 0.2) is 0 Å². The molecule has 0 aliphatic heterocycles. The molecule has 0 saturated heterocycles. The van der Waals surface area contributed by atoms with Crippen molar-refractivity contribution in [2.75, 3.05) is 6.61 Å². The van der Waals surface area contributed by atoms with Crippen molar-refractivity contribution in [1.82, 2.24) is 14.9 Å². The Morgan fingerprint density at radius 1 is 1.67 bits per heavy atom. The summed E-state index contributed by atoms with van der Waals surface area (Å²) in [5, 5.41) is 2.91. The monoisotopic (exact) mass is 209 g/mol. The second kappa shape index (κ2) is 4.44. The predicted octanol–water partition coefficient (Wildman–Crippen LogP) is 1.01. The SMILES string of the molecule is CCOC1CC(NC(=O)n2ccnc2)C1. The van der Waals surface area contributed by atoms with Crippen LogP contribution in [-0.2, 0) is 4.74 Å². The molecule has 82 valence electrons. The van der Waals surface area contributed by atoms with Gasteiger partial charge in [0.2, 0.25) is 0 Å². The summed E-state index contributed by atoms with van der Waals surface area (Å²) in [4.78, 5) is 15.4. The van der Waals surface area contributed by atoms with Crippen LogP contribution < -0.4 is 5.32 Å². The minimum atomic E-state index is -0.118. The van der Waals surface area contributed by atoms with E-state index in [1.165, 1.54) is 10.9 Å². The van der Waals surface area contributed by atoms with E-state index < -0.39 is 0 Å². The molecule has 2 rings (SSSR count). The Morgan fingerprint density at radius 2 is 2.47 bits per heavy atom. The molecule has 0 aromatic carbocycles. The summed E-state index contributed by atoms with van der Waals surface area (Å²) in [6.07, 6.45) is 6.86. The molecule has 1 aromatic rings. The van der Waals surface area contributed by atoms with Gasteiger partial charge in [-0.25, -0.2) is 9.78 Å². The molecule has 5 heteroatoms. The molecule has 0 bridgehead atoms. The maximum atomic E-state index is 11.5. The van der Waals surface area contributed by atoms with Crippen molar-refractivity contribution in [3.8, 4) is 0 Å². The van der Waals surface area contributed by atoms with Crippen LogP contribution in [0.25, 0.3) is 0 Å². The molecule has 1 amide bonds. The Morgan fingerprint density at radius 3 is 3.07 bits per heavy atom. The summed E-state index contributed by atoms with van der Waals surface area (Å²) in [6.45, 7) is 2.73. The van der Waals surface area contributed by atoms with Gasteiger partial charge in [0.1, 0.15) is 6.33 Å². The molecule has 0 atom stereocenters. The smallest absolute Gasteiger partial charge is 0.327 e. The molecule has 5 nitrogen and oxygen atoms in total. The summed E-state index contributed by atoms with van der Waals surface area (Å²) >= 11 is 0. The van der Waals surface area contributed by atoms with Crippen molar-refractivity contribution < 1.29 is 9.53 Å². The number of carbonyl (C=O) groups is 1. The van der Waals surface area contributed by atoms with Gasteiger partial charge in [-0.2, -0.15) is 0 Å². The summed E-state index contributed by atoms with van der Waals surface area (Å²) in [5.41, 5.74) is 0. The first-order chi connectivity index (χ1) is 7.29. The number of nitrogens with one attached hydrogen (secondary N) is 1. The highest BCUT2D eigenvalue weighted by Gasteiger charge is 2.30. The first kappa shape index (κ1) is 10.2. The van der Waals surface area contributed by atoms with Crippen LogP contribution in [-0.4, -0.2) is 34.3 Å². The largest absolute Gasteiger partial charge is 0.378 e. The number of carbonyl (C=O) groups excluding carboxylic acids is 1. The van der Waals surface area contributed by atoms with Crippen LogP contribution in [0.4, 0.5) is 4.79 Å². The average Bonchev–Trinajstić information content (AvgIpc) is 2.67. The van der Waals surface area contributed by atoms with Crippen LogP contribution in [0.3, 0.4) is 0 Å². The van der Waals surface area contributed by atoms with Crippen molar-refractivity contribution in [2.45, 2.75) is 31.9 Å². The molecule has 1 aliphatic carbocycles. The summed E-state index contributed by atoms with van der Waals surface area (Å²) in [5.74, 6) is 0. The molecule has 0 radical (unpaired) electrons. The van der Waals surface area contributed by atoms with Crippen molar-refractivity contribution in [2.24, 2.45) is 0 Å². The molecular weight excluding hydrogens is 194 g/mol. The lowest BCUT2D eigenvalue weighted by Crippen LogP contribution is -2.48. The fourth-order valence-electron chi connectivity index (χ4n) is 1.68. The topological polar surface area (TPSA) is 56.1 Å². The van der Waals surface area contributed by atoms with E-state index in [2.05, 4.69) is 10.3 Å². The van der Waals surface area contributed by atoms with Crippen molar-refractivity contribution >= 4 is 6.03 Å². The van der Waals surface area contributed by atoms with E-state index in [1.54, 1.807) is 12.4 Å². The molecule has 15 heavy (non-hydrogen) atoms. The van der Waals surface area contributed by atoms with Gasteiger partial charge in [-0.1, -0.05) is 0 Å². The quantitative estimate of drug-likeness (QED) is 0.808. The lowest BCUT2D eigenvalue weighted by atomic mass is 9.89. The van der Waals surface area contributed by atoms with Crippen molar-refractivity contribution in [1.29, 1.82) is 0 Å². The van der Waals surface area contributed by atoms with Gasteiger partial charge in [0.05, 0.1) is 6.10 Å². The Kier molecular flexibility index (Phi) is 3.01. The van der Waals surface area contributed by atoms with E-state index >= 15 is 0 Å². The zero-order valence-corrected chi connectivity index (χ0v) is 8.72. The minimum Gasteiger partial charge on any atom is -0.378 e. The van der Waals surface area contributed by atoms with Crippen LogP contribution in [0.15, 0.2) is 18.7 Å². The van der Waals surface area contributed by atoms with Crippen molar-refractivity contribution in [3.63, 3.8) is 0 Å². The van der Waals surface area contributed by atoms with E-state index in [0.29, 0.717) is 6.10 Å². The molecule has 1 heterocycles. The second-order valence-electron chi connectivity index (χ2n) is 3.67. The molecule has 0 spiro atoms. The highest BCUT2D eigenvalue weighted by molar-refractivity contribution is 5.76. The lowest BCUT2D eigenvalue weighted by Gasteiger charge is -2.35. The Balaban J connectivity index is 1.74. The van der Waals surface area contributed by atoms with Gasteiger partial charge in [0, 0.05) is 25.0 Å². The molecule has 1 aromatic heterocycles. The fraction of sp³-hybridized carbons (Fsp3) is 0.600. The van der Waals surface area contributed by atoms with Crippen LogP contribution >= 0.6 is 0 Å². The van der Waals surface area contributed by atoms with Gasteiger partial charge in [-0.15, -0.1) is 0 Å². The Bertz CT molecular complexity index is 317. The number of aromatic nitrogens is 2. The standard InChI is InChI=1S/C10H15N3O2/c1-2-15-9-5-8(6-9)12-10(14)13-4-3-11-7-13/h3-4,7-9H,2,5-6H2,1H3,(H,12,14). The van der Waals surface area contributed by atoms with Gasteiger partial charge >= 0.3 is 6.03 Å². The molecule has 1 N–H and O–H groups in total. The van der Waals surface area contributed by atoms with E-state index in [0.717, 1.165) is 19.4 Å². The average molecular weight is 209 g/mol. The Labute approximate surface area is 88.4 Å². The van der Waals surface area contributed by atoms with Crippen molar-refractivity contribution in [3.05, 3.63) is 18.7 Å². The molecule has 1 aliphatic rings. The van der Waals surface area contributed by atoms with Gasteiger partial charge in [-0.05, 0) is 19.8 Å². The zero-order chi connectivity index (χ0) is 10.7. The van der Waals surface area contributed by atoms with E-state index in [9.17, 15) is 4.79 Å². The van der Waals surface area contributed by atoms with Crippen LogP contribution in [0.1, 0.15) is 19.8 Å². The number of imidazole rings is 1. The lowest BCUT2D eigenvalue weighted by molar-refractivity contribution is -0.00705. The number of hydrogen-bond acceptors (Lipinski definition) is 3. The van der Waals surface area contributed by atoms with Gasteiger partial charge < -0.3 is 10.1 Å². The number of nitrogens with zero attached hydrogens (tertiary/aromatic N) is 2. The number of ether oxygens (including phenoxy) is 1. The summed E-state index contributed by atoms with van der Waals surface area (Å²) in [7, 11) is 0. The highest BCUT2D eigenvalue weighted by atomic mass is 16.5. The Hall–Kier alpha value is -1.36. The number of rotatable bonds is 3. The fourth-order valence-corrected chi connectivity index (χ4v) is 1.68. The maximum absolute atomic E-state index is 11.5. The van der Waals surface area contributed by atoms with Crippen LogP contribution in [0.5, 0.6) is 0 Å². The predicted molar refractivity (Wildman–Crippen MR) is 54.6 cm³/mol. The third-order valence-corrected chi connectivity index (χ3v) is 2.56. The molecule has 1 saturated carbocycles. The zero-order valence-electron chi connectivity index (χ0n) is 8.72. The van der Waals surface area contributed by atoms with Gasteiger partial charge in [0.25, 0.3) is 0 Å². The highest BCUT2D eigenvalue weighted by Crippen LogP contribution is 2.23. The molecule has 1 fully saturated rings. The number of hydrogen-bond donors (Lipinski definition) is 1. The first-order valence-electron chi connectivity index (χ1n) is 5.20. The summed E-state index contributed by atoms with van der Waals surface area (Å²) in [6, 6.07) is 0.129. The molecular formula is C10H15N3O2.